The summed E-state index contributed by atoms with van der Waals surface area (Å²) < 4.78 is 5.14. The predicted molar refractivity (Wildman–Crippen MR) is 106 cm³/mol. The van der Waals surface area contributed by atoms with Crippen LogP contribution in [0.5, 0.6) is 0 Å². The van der Waals surface area contributed by atoms with Gasteiger partial charge in [-0.2, -0.15) is 0 Å². The first kappa shape index (κ1) is 19.1. The number of hydrogen-bond donors (Lipinski definition) is 0. The maximum atomic E-state index is 12.2. The Bertz CT molecular complexity index is 591. The van der Waals surface area contributed by atoms with Crippen molar-refractivity contribution >= 4 is 12.0 Å². The zero-order chi connectivity index (χ0) is 18.2. The Labute approximate surface area is 157 Å². The summed E-state index contributed by atoms with van der Waals surface area (Å²) in [6.07, 6.45) is 9.63. The molecule has 26 heavy (non-hydrogen) atoms. The van der Waals surface area contributed by atoms with Crippen LogP contribution in [-0.2, 0) is 9.53 Å². The molecular formula is C22H32N2O2. The number of likely N-dealkylation sites (tertiary alicyclic amines) is 2. The van der Waals surface area contributed by atoms with Crippen molar-refractivity contribution in [1.82, 2.24) is 9.80 Å². The van der Waals surface area contributed by atoms with E-state index >= 15 is 0 Å². The Morgan fingerprint density at radius 3 is 2.65 bits per heavy atom. The summed E-state index contributed by atoms with van der Waals surface area (Å²) in [7, 11) is 1.72. The molecule has 0 atom stereocenters. The van der Waals surface area contributed by atoms with Crippen LogP contribution < -0.4 is 0 Å². The minimum Gasteiger partial charge on any atom is -0.385 e. The molecule has 0 N–H and O–H groups in total. The van der Waals surface area contributed by atoms with Crippen LogP contribution in [0, 0.1) is 5.41 Å². The van der Waals surface area contributed by atoms with E-state index in [1.165, 1.54) is 18.4 Å². The molecule has 0 saturated carbocycles. The number of nitrogens with zero attached hydrogens (tertiary/aromatic N) is 2. The molecule has 4 heteroatoms. The number of benzene rings is 1. The van der Waals surface area contributed by atoms with Crippen LogP contribution in [0.3, 0.4) is 0 Å². The first-order chi connectivity index (χ1) is 12.7. The van der Waals surface area contributed by atoms with Gasteiger partial charge in [-0.3, -0.25) is 9.69 Å². The second kappa shape index (κ2) is 9.33. The number of carbonyl (C=O) groups is 1. The summed E-state index contributed by atoms with van der Waals surface area (Å²) in [5.41, 5.74) is 1.61. The first-order valence-corrected chi connectivity index (χ1v) is 9.91. The van der Waals surface area contributed by atoms with Gasteiger partial charge in [0.2, 0.25) is 5.91 Å². The highest BCUT2D eigenvalue weighted by atomic mass is 16.5. The SMILES string of the molecule is COCCCN1CC2(CCC1=O)CCN(C/C=C/c1ccccc1)CC2. The molecule has 1 aromatic rings. The van der Waals surface area contributed by atoms with E-state index in [2.05, 4.69) is 52.3 Å². The molecule has 0 radical (unpaired) electrons. The Hall–Kier alpha value is -1.65. The standard InChI is InChI=1S/C22H32N2O2/c1-26-18-6-15-24-19-22(11-10-21(24)25)12-16-23(17-13-22)14-5-9-20-7-3-2-4-8-20/h2-5,7-9H,6,10-19H2,1H3/b9-5+. The molecule has 4 nitrogen and oxygen atoms in total. The molecule has 142 valence electrons. The number of rotatable bonds is 7. The molecule has 1 amide bonds. The predicted octanol–water partition coefficient (Wildman–Crippen LogP) is 3.44. The highest BCUT2D eigenvalue weighted by molar-refractivity contribution is 5.77. The van der Waals surface area contributed by atoms with Gasteiger partial charge in [0, 0.05) is 39.8 Å². The van der Waals surface area contributed by atoms with Crippen LogP contribution in [0.1, 0.15) is 37.7 Å². The van der Waals surface area contributed by atoms with Gasteiger partial charge in [-0.25, -0.2) is 0 Å². The fraction of sp³-hybridized carbons (Fsp3) is 0.591. The van der Waals surface area contributed by atoms with Crippen LogP contribution in [0.2, 0.25) is 0 Å². The Balaban J connectivity index is 1.46. The van der Waals surface area contributed by atoms with Crippen molar-refractivity contribution in [2.24, 2.45) is 5.41 Å². The van der Waals surface area contributed by atoms with Crippen molar-refractivity contribution in [3.05, 3.63) is 42.0 Å². The fourth-order valence-corrected chi connectivity index (χ4v) is 4.23. The van der Waals surface area contributed by atoms with E-state index in [0.29, 0.717) is 11.3 Å². The maximum Gasteiger partial charge on any atom is 0.222 e. The van der Waals surface area contributed by atoms with E-state index in [-0.39, 0.29) is 0 Å². The van der Waals surface area contributed by atoms with Crippen molar-refractivity contribution in [2.75, 3.05) is 46.4 Å². The minimum absolute atomic E-state index is 0.333. The van der Waals surface area contributed by atoms with Gasteiger partial charge in [0.25, 0.3) is 0 Å². The number of ether oxygens (including phenoxy) is 1. The summed E-state index contributed by atoms with van der Waals surface area (Å²) in [6, 6.07) is 10.5. The summed E-state index contributed by atoms with van der Waals surface area (Å²) in [5.74, 6) is 0.333. The molecule has 2 saturated heterocycles. The maximum absolute atomic E-state index is 12.2. The molecule has 2 heterocycles. The van der Waals surface area contributed by atoms with Crippen molar-refractivity contribution < 1.29 is 9.53 Å². The van der Waals surface area contributed by atoms with Crippen molar-refractivity contribution in [3.8, 4) is 0 Å². The van der Waals surface area contributed by atoms with Gasteiger partial charge in [-0.15, -0.1) is 0 Å². The van der Waals surface area contributed by atoms with Crippen LogP contribution in [-0.4, -0.2) is 62.1 Å². The zero-order valence-electron chi connectivity index (χ0n) is 16.0. The Morgan fingerprint density at radius 1 is 1.15 bits per heavy atom. The van der Waals surface area contributed by atoms with E-state index in [0.717, 1.165) is 58.6 Å². The summed E-state index contributed by atoms with van der Waals surface area (Å²) in [4.78, 5) is 16.8. The van der Waals surface area contributed by atoms with Gasteiger partial charge in [-0.05, 0) is 49.8 Å². The van der Waals surface area contributed by atoms with E-state index in [1.54, 1.807) is 7.11 Å². The molecule has 0 unspecified atom stereocenters. The molecule has 0 aromatic heterocycles. The van der Waals surface area contributed by atoms with Gasteiger partial charge >= 0.3 is 0 Å². The smallest absolute Gasteiger partial charge is 0.222 e. The molecule has 1 spiro atoms. The lowest BCUT2D eigenvalue weighted by Gasteiger charge is -2.47. The van der Waals surface area contributed by atoms with Crippen LogP contribution in [0.25, 0.3) is 6.08 Å². The number of carbonyl (C=O) groups excluding carboxylic acids is 1. The molecule has 0 aliphatic carbocycles. The van der Waals surface area contributed by atoms with Crippen LogP contribution >= 0.6 is 0 Å². The van der Waals surface area contributed by atoms with E-state index in [9.17, 15) is 4.79 Å². The average molecular weight is 357 g/mol. The fourth-order valence-electron chi connectivity index (χ4n) is 4.23. The molecular weight excluding hydrogens is 324 g/mol. The van der Waals surface area contributed by atoms with E-state index in [4.69, 9.17) is 4.74 Å². The van der Waals surface area contributed by atoms with Gasteiger partial charge in [0.1, 0.15) is 0 Å². The Kier molecular flexibility index (Phi) is 6.86. The largest absolute Gasteiger partial charge is 0.385 e. The zero-order valence-corrected chi connectivity index (χ0v) is 16.0. The molecule has 3 rings (SSSR count). The number of methoxy groups -OCH3 is 1. The average Bonchev–Trinajstić information content (AvgIpc) is 2.67. The molecule has 2 fully saturated rings. The third-order valence-corrected chi connectivity index (χ3v) is 5.91. The lowest BCUT2D eigenvalue weighted by molar-refractivity contribution is -0.139. The lowest BCUT2D eigenvalue weighted by Crippen LogP contribution is -2.51. The van der Waals surface area contributed by atoms with Crippen molar-refractivity contribution in [3.63, 3.8) is 0 Å². The van der Waals surface area contributed by atoms with E-state index < -0.39 is 0 Å². The van der Waals surface area contributed by atoms with Crippen molar-refractivity contribution in [2.45, 2.75) is 32.1 Å². The minimum atomic E-state index is 0.333. The highest BCUT2D eigenvalue weighted by Crippen LogP contribution is 2.40. The quantitative estimate of drug-likeness (QED) is 0.702. The summed E-state index contributed by atoms with van der Waals surface area (Å²) in [5, 5.41) is 0. The normalized spacial score (nSPS) is 21.0. The third-order valence-electron chi connectivity index (χ3n) is 5.91. The first-order valence-electron chi connectivity index (χ1n) is 9.91. The van der Waals surface area contributed by atoms with Gasteiger partial charge in [0.15, 0.2) is 0 Å². The lowest BCUT2D eigenvalue weighted by atomic mass is 9.72. The second-order valence-electron chi connectivity index (χ2n) is 7.78. The highest BCUT2D eigenvalue weighted by Gasteiger charge is 2.40. The van der Waals surface area contributed by atoms with Crippen molar-refractivity contribution in [1.29, 1.82) is 0 Å². The molecule has 1 aromatic carbocycles. The molecule has 0 bridgehead atoms. The number of hydrogen-bond acceptors (Lipinski definition) is 3. The number of piperidine rings is 2. The monoisotopic (exact) mass is 356 g/mol. The molecule has 2 aliphatic rings. The van der Waals surface area contributed by atoms with Gasteiger partial charge in [-0.1, -0.05) is 42.5 Å². The molecule has 2 aliphatic heterocycles. The topological polar surface area (TPSA) is 32.8 Å². The van der Waals surface area contributed by atoms with Crippen LogP contribution in [0.15, 0.2) is 36.4 Å². The van der Waals surface area contributed by atoms with Crippen LogP contribution in [0.4, 0.5) is 0 Å². The van der Waals surface area contributed by atoms with E-state index in [1.807, 2.05) is 0 Å². The number of amides is 1. The van der Waals surface area contributed by atoms with Gasteiger partial charge in [0.05, 0.1) is 0 Å². The second-order valence-corrected chi connectivity index (χ2v) is 7.78. The Morgan fingerprint density at radius 2 is 1.92 bits per heavy atom. The third kappa shape index (κ3) is 5.18. The van der Waals surface area contributed by atoms with Gasteiger partial charge < -0.3 is 9.64 Å². The summed E-state index contributed by atoms with van der Waals surface area (Å²) >= 11 is 0. The summed E-state index contributed by atoms with van der Waals surface area (Å²) in [6.45, 7) is 5.82.